The number of hydrogen-bond donors (Lipinski definition) is 1. The molecule has 1 saturated heterocycles. The normalized spacial score (nSPS) is 24.0. The van der Waals surface area contributed by atoms with Crippen molar-refractivity contribution in [2.24, 2.45) is 4.99 Å². The Hall–Kier alpha value is -1.66. The fourth-order valence-corrected chi connectivity index (χ4v) is 4.25. The highest BCUT2D eigenvalue weighted by atomic mass is 35.5. The van der Waals surface area contributed by atoms with E-state index in [1.54, 1.807) is 12.1 Å². The van der Waals surface area contributed by atoms with Crippen LogP contribution in [0.5, 0.6) is 11.5 Å². The number of amides is 1. The molecule has 0 aromatic heterocycles. The summed E-state index contributed by atoms with van der Waals surface area (Å²) in [7, 11) is 0. The summed E-state index contributed by atoms with van der Waals surface area (Å²) >= 11 is 7.57. The molecule has 24 heavy (non-hydrogen) atoms. The molecule has 5 nitrogen and oxygen atoms in total. The third-order valence-corrected chi connectivity index (χ3v) is 5.48. The molecule has 2 heterocycles. The highest BCUT2D eigenvalue weighted by Crippen LogP contribution is 2.41. The van der Waals surface area contributed by atoms with Crippen LogP contribution in [-0.2, 0) is 4.79 Å². The molecular formula is C17H17ClN2O3S. The molecule has 0 spiro atoms. The summed E-state index contributed by atoms with van der Waals surface area (Å²) in [5.74, 6) is 1.04. The molecule has 4 rings (SSSR count). The van der Waals surface area contributed by atoms with Crippen LogP contribution in [0.25, 0.3) is 6.08 Å². The number of fused-ring (bicyclic) bond motifs is 1. The second-order valence-electron chi connectivity index (χ2n) is 6.03. The third kappa shape index (κ3) is 3.26. The van der Waals surface area contributed by atoms with Crippen LogP contribution in [0, 0.1) is 0 Å². The highest BCUT2D eigenvalue weighted by Gasteiger charge is 2.26. The van der Waals surface area contributed by atoms with Gasteiger partial charge in [0.15, 0.2) is 16.7 Å². The van der Waals surface area contributed by atoms with E-state index in [-0.39, 0.29) is 12.7 Å². The Morgan fingerprint density at radius 1 is 1.25 bits per heavy atom. The number of benzene rings is 1. The van der Waals surface area contributed by atoms with E-state index in [0.29, 0.717) is 32.6 Å². The fourth-order valence-electron chi connectivity index (χ4n) is 3.09. The number of nitrogens with zero attached hydrogens (tertiary/aromatic N) is 1. The summed E-state index contributed by atoms with van der Waals surface area (Å²) < 4.78 is 10.7. The summed E-state index contributed by atoms with van der Waals surface area (Å²) in [5, 5.41) is 4.04. The number of aliphatic imine (C=N–C) groups is 1. The summed E-state index contributed by atoms with van der Waals surface area (Å²) in [6.45, 7) is 0.169. The second kappa shape index (κ2) is 6.69. The van der Waals surface area contributed by atoms with Gasteiger partial charge >= 0.3 is 0 Å². The Morgan fingerprint density at radius 3 is 2.92 bits per heavy atom. The van der Waals surface area contributed by atoms with Gasteiger partial charge in [-0.05, 0) is 48.4 Å². The van der Waals surface area contributed by atoms with E-state index in [1.807, 2.05) is 6.07 Å². The van der Waals surface area contributed by atoms with Gasteiger partial charge in [0.1, 0.15) is 0 Å². The van der Waals surface area contributed by atoms with Crippen molar-refractivity contribution in [3.8, 4) is 11.5 Å². The van der Waals surface area contributed by atoms with Crippen LogP contribution in [0.15, 0.2) is 22.0 Å². The molecule has 1 aromatic carbocycles. The Labute approximate surface area is 149 Å². The molecule has 1 aromatic rings. The van der Waals surface area contributed by atoms with Crippen LogP contribution in [0.2, 0.25) is 5.02 Å². The number of amidine groups is 1. The van der Waals surface area contributed by atoms with Crippen molar-refractivity contribution < 1.29 is 14.3 Å². The minimum absolute atomic E-state index is 0.122. The molecule has 0 bridgehead atoms. The van der Waals surface area contributed by atoms with Crippen LogP contribution < -0.4 is 14.8 Å². The van der Waals surface area contributed by atoms with Crippen molar-refractivity contribution in [2.45, 2.75) is 38.1 Å². The van der Waals surface area contributed by atoms with Gasteiger partial charge in [-0.1, -0.05) is 30.9 Å². The maximum atomic E-state index is 12.2. The molecule has 1 amide bonds. The van der Waals surface area contributed by atoms with E-state index in [1.165, 1.54) is 31.0 Å². The maximum Gasteiger partial charge on any atom is 0.264 e. The number of rotatable bonds is 2. The fraction of sp³-hybridized carbons (Fsp3) is 0.412. The zero-order chi connectivity index (χ0) is 16.5. The van der Waals surface area contributed by atoms with Crippen molar-refractivity contribution in [2.75, 3.05) is 6.79 Å². The van der Waals surface area contributed by atoms with E-state index in [2.05, 4.69) is 10.3 Å². The van der Waals surface area contributed by atoms with Gasteiger partial charge in [0.2, 0.25) is 6.79 Å². The minimum atomic E-state index is -0.122. The van der Waals surface area contributed by atoms with Crippen molar-refractivity contribution in [3.05, 3.63) is 27.6 Å². The molecule has 0 radical (unpaired) electrons. The molecule has 3 aliphatic rings. The number of hydrogen-bond acceptors (Lipinski definition) is 5. The van der Waals surface area contributed by atoms with E-state index in [0.717, 1.165) is 18.4 Å². The van der Waals surface area contributed by atoms with E-state index >= 15 is 0 Å². The standard InChI is InChI=1S/C17H17ClN2O3S/c18-12-6-10(7-13-15(12)23-9-22-13)8-14-16(21)20-17(24-14)19-11-4-2-1-3-5-11/h6-8,11H,1-5,9H2,(H,19,20,21). The summed E-state index contributed by atoms with van der Waals surface area (Å²) in [5.41, 5.74) is 0.806. The van der Waals surface area contributed by atoms with Crippen molar-refractivity contribution in [1.82, 2.24) is 5.32 Å². The Balaban J connectivity index is 1.54. The van der Waals surface area contributed by atoms with Gasteiger partial charge in [0.25, 0.3) is 5.91 Å². The zero-order valence-electron chi connectivity index (χ0n) is 13.0. The maximum absolute atomic E-state index is 12.2. The van der Waals surface area contributed by atoms with Gasteiger partial charge in [-0.2, -0.15) is 0 Å². The van der Waals surface area contributed by atoms with Gasteiger partial charge in [-0.15, -0.1) is 0 Å². The Morgan fingerprint density at radius 2 is 2.08 bits per heavy atom. The lowest BCUT2D eigenvalue weighted by molar-refractivity contribution is -0.115. The third-order valence-electron chi connectivity index (χ3n) is 4.27. The molecular weight excluding hydrogens is 348 g/mol. The van der Waals surface area contributed by atoms with Gasteiger partial charge in [-0.3, -0.25) is 9.79 Å². The van der Waals surface area contributed by atoms with E-state index in [9.17, 15) is 4.79 Å². The predicted octanol–water partition coefficient (Wildman–Crippen LogP) is 3.96. The molecule has 1 aliphatic carbocycles. The van der Waals surface area contributed by atoms with Crippen LogP contribution in [0.4, 0.5) is 0 Å². The van der Waals surface area contributed by atoms with Crippen LogP contribution in [0.3, 0.4) is 0 Å². The SMILES string of the molecule is O=C1NC(=NC2CCCCC2)SC1=Cc1cc(Cl)c2c(c1)OCO2. The molecule has 0 atom stereocenters. The Bertz CT molecular complexity index is 742. The molecule has 0 unspecified atom stereocenters. The average molecular weight is 365 g/mol. The number of halogens is 1. The monoisotopic (exact) mass is 364 g/mol. The molecule has 7 heteroatoms. The summed E-state index contributed by atoms with van der Waals surface area (Å²) in [4.78, 5) is 17.5. The number of thioether (sulfide) groups is 1. The first-order chi connectivity index (χ1) is 11.7. The first-order valence-corrected chi connectivity index (χ1v) is 9.26. The van der Waals surface area contributed by atoms with Crippen LogP contribution >= 0.6 is 23.4 Å². The number of carbonyl (C=O) groups excluding carboxylic acids is 1. The lowest BCUT2D eigenvalue weighted by atomic mass is 9.96. The minimum Gasteiger partial charge on any atom is -0.454 e. The first kappa shape index (κ1) is 15.8. The number of nitrogens with one attached hydrogen (secondary N) is 1. The van der Waals surface area contributed by atoms with E-state index < -0.39 is 0 Å². The smallest absolute Gasteiger partial charge is 0.264 e. The molecule has 2 aliphatic heterocycles. The van der Waals surface area contributed by atoms with Crippen molar-refractivity contribution in [1.29, 1.82) is 0 Å². The molecule has 126 valence electrons. The lowest BCUT2D eigenvalue weighted by Gasteiger charge is -2.17. The quantitative estimate of drug-likeness (QED) is 0.807. The highest BCUT2D eigenvalue weighted by molar-refractivity contribution is 8.18. The van der Waals surface area contributed by atoms with Gasteiger partial charge in [0.05, 0.1) is 16.0 Å². The summed E-state index contributed by atoms with van der Waals surface area (Å²) in [6, 6.07) is 3.93. The number of carbonyl (C=O) groups is 1. The first-order valence-electron chi connectivity index (χ1n) is 8.07. The number of ether oxygens (including phenoxy) is 2. The van der Waals surface area contributed by atoms with Crippen LogP contribution in [0.1, 0.15) is 37.7 Å². The van der Waals surface area contributed by atoms with Crippen molar-refractivity contribution >= 4 is 40.5 Å². The zero-order valence-corrected chi connectivity index (χ0v) is 14.6. The van der Waals surface area contributed by atoms with Gasteiger partial charge in [0, 0.05) is 0 Å². The summed E-state index contributed by atoms with van der Waals surface area (Å²) in [6.07, 6.45) is 7.75. The largest absolute Gasteiger partial charge is 0.454 e. The average Bonchev–Trinajstić information content (AvgIpc) is 3.16. The predicted molar refractivity (Wildman–Crippen MR) is 95.6 cm³/mol. The lowest BCUT2D eigenvalue weighted by Crippen LogP contribution is -2.22. The molecule has 1 N–H and O–H groups in total. The molecule has 2 fully saturated rings. The van der Waals surface area contributed by atoms with E-state index in [4.69, 9.17) is 21.1 Å². The second-order valence-corrected chi connectivity index (χ2v) is 7.47. The Kier molecular flexibility index (Phi) is 4.41. The van der Waals surface area contributed by atoms with Crippen LogP contribution in [-0.4, -0.2) is 23.9 Å². The van der Waals surface area contributed by atoms with Gasteiger partial charge < -0.3 is 14.8 Å². The molecule has 1 saturated carbocycles. The topological polar surface area (TPSA) is 59.9 Å². The van der Waals surface area contributed by atoms with Gasteiger partial charge in [-0.25, -0.2) is 0 Å². The van der Waals surface area contributed by atoms with Crippen molar-refractivity contribution in [3.63, 3.8) is 0 Å².